The highest BCUT2D eigenvalue weighted by atomic mass is 32.1. The zero-order valence-corrected chi connectivity index (χ0v) is 9.85. The van der Waals surface area contributed by atoms with Crippen molar-refractivity contribution >= 4 is 28.8 Å². The molecule has 0 aromatic heterocycles. The minimum atomic E-state index is -0.471. The molecule has 16 heavy (non-hydrogen) atoms. The van der Waals surface area contributed by atoms with Gasteiger partial charge in [-0.25, -0.2) is 5.84 Å². The highest BCUT2D eigenvalue weighted by molar-refractivity contribution is 7.82. The summed E-state index contributed by atoms with van der Waals surface area (Å²) in [4.78, 5) is 11.4. The molecular weight excluding hydrogens is 226 g/mol. The average Bonchev–Trinajstić information content (AvgIpc) is 2.28. The van der Waals surface area contributed by atoms with Crippen LogP contribution in [0.25, 0.3) is 0 Å². The Bertz CT molecular complexity index is 421. The van der Waals surface area contributed by atoms with Crippen molar-refractivity contribution in [1.29, 1.82) is 0 Å². The molecule has 0 radical (unpaired) electrons. The lowest BCUT2D eigenvalue weighted by Crippen LogP contribution is -2.38. The molecule has 0 heterocycles. The van der Waals surface area contributed by atoms with Gasteiger partial charge >= 0.3 is 0 Å². The van der Waals surface area contributed by atoms with E-state index in [4.69, 9.17) is 22.8 Å². The first-order valence-electron chi connectivity index (χ1n) is 4.55. The van der Waals surface area contributed by atoms with Crippen LogP contribution in [-0.4, -0.2) is 18.0 Å². The number of thiocarbonyl (C=S) groups is 1. The number of nitrogens with one attached hydrogen (secondary N) is 2. The number of benzene rings is 1. The molecule has 86 valence electrons. The first-order valence-corrected chi connectivity index (χ1v) is 4.96. The van der Waals surface area contributed by atoms with Crippen molar-refractivity contribution in [2.75, 3.05) is 12.4 Å². The SMILES string of the molecule is COc1ccc(C)cc1NC(=O)C(=S)NN. The van der Waals surface area contributed by atoms with E-state index in [-0.39, 0.29) is 4.99 Å². The van der Waals surface area contributed by atoms with Gasteiger partial charge in [-0.05, 0) is 24.6 Å². The van der Waals surface area contributed by atoms with E-state index >= 15 is 0 Å². The van der Waals surface area contributed by atoms with Crippen molar-refractivity contribution in [2.45, 2.75) is 6.92 Å². The molecule has 1 aromatic rings. The van der Waals surface area contributed by atoms with Gasteiger partial charge in [0.2, 0.25) is 0 Å². The van der Waals surface area contributed by atoms with Crippen LogP contribution in [0, 0.1) is 6.92 Å². The average molecular weight is 239 g/mol. The summed E-state index contributed by atoms with van der Waals surface area (Å²) in [5.41, 5.74) is 3.68. The van der Waals surface area contributed by atoms with Crippen molar-refractivity contribution in [2.24, 2.45) is 5.84 Å². The molecule has 0 aliphatic carbocycles. The summed E-state index contributed by atoms with van der Waals surface area (Å²) >= 11 is 4.70. The van der Waals surface area contributed by atoms with E-state index in [1.165, 1.54) is 7.11 Å². The molecule has 0 saturated carbocycles. The van der Waals surface area contributed by atoms with Crippen LogP contribution in [0.1, 0.15) is 5.56 Å². The van der Waals surface area contributed by atoms with Crippen LogP contribution >= 0.6 is 12.2 Å². The predicted molar refractivity (Wildman–Crippen MR) is 66.3 cm³/mol. The van der Waals surface area contributed by atoms with E-state index in [2.05, 4.69) is 10.7 Å². The molecule has 5 nitrogen and oxygen atoms in total. The van der Waals surface area contributed by atoms with E-state index in [1.807, 2.05) is 13.0 Å². The quantitative estimate of drug-likeness (QED) is 0.403. The lowest BCUT2D eigenvalue weighted by atomic mass is 10.2. The summed E-state index contributed by atoms with van der Waals surface area (Å²) in [5, 5.41) is 2.61. The molecule has 0 atom stereocenters. The molecular formula is C10H13N3O2S. The van der Waals surface area contributed by atoms with Crippen molar-refractivity contribution in [3.63, 3.8) is 0 Å². The highest BCUT2D eigenvalue weighted by Crippen LogP contribution is 2.24. The number of ether oxygens (including phenoxy) is 1. The van der Waals surface area contributed by atoms with Crippen molar-refractivity contribution < 1.29 is 9.53 Å². The van der Waals surface area contributed by atoms with Gasteiger partial charge < -0.3 is 15.5 Å². The number of anilines is 1. The maximum absolute atomic E-state index is 11.5. The minimum Gasteiger partial charge on any atom is -0.495 e. The molecule has 6 heteroatoms. The van der Waals surface area contributed by atoms with Crippen molar-refractivity contribution in [3.05, 3.63) is 23.8 Å². The first kappa shape index (κ1) is 12.4. The van der Waals surface area contributed by atoms with E-state index < -0.39 is 5.91 Å². The number of hydrogen-bond donors (Lipinski definition) is 3. The Kier molecular flexibility index (Phi) is 4.21. The molecule has 0 saturated heterocycles. The Morgan fingerprint density at radius 1 is 1.50 bits per heavy atom. The highest BCUT2D eigenvalue weighted by Gasteiger charge is 2.11. The number of carbonyl (C=O) groups excluding carboxylic acids is 1. The van der Waals surface area contributed by atoms with Crippen LogP contribution in [0.5, 0.6) is 5.75 Å². The van der Waals surface area contributed by atoms with Gasteiger partial charge in [0.25, 0.3) is 5.91 Å². The smallest absolute Gasteiger partial charge is 0.284 e. The summed E-state index contributed by atoms with van der Waals surface area (Å²) in [6.45, 7) is 1.91. The Balaban J connectivity index is 2.91. The number of aryl methyl sites for hydroxylation is 1. The Morgan fingerprint density at radius 2 is 2.19 bits per heavy atom. The van der Waals surface area contributed by atoms with Gasteiger partial charge in [0.1, 0.15) is 5.75 Å². The molecule has 0 aliphatic heterocycles. The zero-order chi connectivity index (χ0) is 12.1. The summed E-state index contributed by atoms with van der Waals surface area (Å²) < 4.78 is 5.10. The fourth-order valence-corrected chi connectivity index (χ4v) is 1.22. The summed E-state index contributed by atoms with van der Waals surface area (Å²) in [7, 11) is 1.53. The molecule has 0 spiro atoms. The number of methoxy groups -OCH3 is 1. The third-order valence-electron chi connectivity index (χ3n) is 1.94. The molecule has 0 aliphatic rings. The molecule has 4 N–H and O–H groups in total. The molecule has 0 unspecified atom stereocenters. The van der Waals surface area contributed by atoms with Crippen LogP contribution in [-0.2, 0) is 4.79 Å². The predicted octanol–water partition coefficient (Wildman–Crippen LogP) is 0.733. The largest absolute Gasteiger partial charge is 0.495 e. The van der Waals surface area contributed by atoms with E-state index in [9.17, 15) is 4.79 Å². The van der Waals surface area contributed by atoms with Gasteiger partial charge in [-0.2, -0.15) is 0 Å². The maximum atomic E-state index is 11.5. The van der Waals surface area contributed by atoms with Crippen LogP contribution in [0.2, 0.25) is 0 Å². The van der Waals surface area contributed by atoms with Gasteiger partial charge in [-0.3, -0.25) is 4.79 Å². The Morgan fingerprint density at radius 3 is 2.75 bits per heavy atom. The Labute approximate surface area is 98.9 Å². The number of hydrogen-bond acceptors (Lipinski definition) is 4. The lowest BCUT2D eigenvalue weighted by Gasteiger charge is -2.10. The van der Waals surface area contributed by atoms with Crippen molar-refractivity contribution in [3.8, 4) is 5.75 Å². The van der Waals surface area contributed by atoms with Gasteiger partial charge in [-0.1, -0.05) is 18.3 Å². The number of nitrogens with two attached hydrogens (primary N) is 1. The lowest BCUT2D eigenvalue weighted by molar-refractivity contribution is -0.110. The third kappa shape index (κ3) is 2.91. The van der Waals surface area contributed by atoms with E-state index in [0.717, 1.165) is 5.56 Å². The van der Waals surface area contributed by atoms with E-state index in [0.29, 0.717) is 11.4 Å². The molecule has 1 rings (SSSR count). The van der Waals surface area contributed by atoms with Gasteiger partial charge in [0.05, 0.1) is 12.8 Å². The second-order valence-electron chi connectivity index (χ2n) is 3.13. The standard InChI is InChI=1S/C10H13N3O2S/c1-6-3-4-8(15-2)7(5-6)12-9(14)10(16)13-11/h3-5H,11H2,1-2H3,(H,12,14)(H,13,16). The second-order valence-corrected chi connectivity index (χ2v) is 3.54. The first-order chi connectivity index (χ1) is 7.58. The zero-order valence-electron chi connectivity index (χ0n) is 9.03. The fourth-order valence-electron chi connectivity index (χ4n) is 1.16. The topological polar surface area (TPSA) is 76.4 Å². The summed E-state index contributed by atoms with van der Waals surface area (Å²) in [6.07, 6.45) is 0. The van der Waals surface area contributed by atoms with Gasteiger partial charge in [0.15, 0.2) is 4.99 Å². The molecule has 1 aromatic carbocycles. The minimum absolute atomic E-state index is 0.0800. The van der Waals surface area contributed by atoms with Gasteiger partial charge in [-0.15, -0.1) is 0 Å². The van der Waals surface area contributed by atoms with Crippen LogP contribution in [0.15, 0.2) is 18.2 Å². The number of amides is 1. The summed E-state index contributed by atoms with van der Waals surface area (Å²) in [5.74, 6) is 5.14. The molecule has 1 amide bonds. The maximum Gasteiger partial charge on any atom is 0.284 e. The molecule has 0 bridgehead atoms. The van der Waals surface area contributed by atoms with Crippen LogP contribution < -0.4 is 21.3 Å². The van der Waals surface area contributed by atoms with Crippen LogP contribution in [0.4, 0.5) is 5.69 Å². The Hall–Kier alpha value is -1.66. The van der Waals surface area contributed by atoms with Crippen LogP contribution in [0.3, 0.4) is 0 Å². The third-order valence-corrected chi connectivity index (χ3v) is 2.24. The fraction of sp³-hybridized carbons (Fsp3) is 0.200. The monoisotopic (exact) mass is 239 g/mol. The number of carbonyl (C=O) groups is 1. The summed E-state index contributed by atoms with van der Waals surface area (Å²) in [6, 6.07) is 5.44. The van der Waals surface area contributed by atoms with Gasteiger partial charge in [0, 0.05) is 0 Å². The molecule has 0 fully saturated rings. The van der Waals surface area contributed by atoms with E-state index in [1.54, 1.807) is 12.1 Å². The normalized spacial score (nSPS) is 9.44. The second kappa shape index (κ2) is 5.43. The number of rotatable bonds is 2. The van der Waals surface area contributed by atoms with Crippen molar-refractivity contribution in [1.82, 2.24) is 5.43 Å². The number of hydrazine groups is 1.